The van der Waals surface area contributed by atoms with Gasteiger partial charge in [-0.2, -0.15) is 0 Å². The van der Waals surface area contributed by atoms with Crippen molar-refractivity contribution in [3.8, 4) is 11.6 Å². The van der Waals surface area contributed by atoms with Crippen molar-refractivity contribution in [3.63, 3.8) is 0 Å². The van der Waals surface area contributed by atoms with Gasteiger partial charge in [0.25, 0.3) is 0 Å². The van der Waals surface area contributed by atoms with Crippen LogP contribution in [-0.4, -0.2) is 4.98 Å². The number of benzene rings is 1. The molecule has 0 spiro atoms. The van der Waals surface area contributed by atoms with Gasteiger partial charge in [-0.1, -0.05) is 11.6 Å². The molecule has 4 heteroatoms. The predicted octanol–water partition coefficient (Wildman–Crippen LogP) is 3.86. The van der Waals surface area contributed by atoms with Crippen LogP contribution < -0.4 is 10.5 Å². The van der Waals surface area contributed by atoms with E-state index in [0.29, 0.717) is 10.9 Å². The number of aromatic nitrogens is 1. The first-order valence-corrected chi connectivity index (χ1v) is 6.09. The molecule has 0 saturated carbocycles. The lowest BCUT2D eigenvalue weighted by Gasteiger charge is -2.10. The summed E-state index contributed by atoms with van der Waals surface area (Å²) in [5.74, 6) is 1.28. The predicted molar refractivity (Wildman–Crippen MR) is 73.1 cm³/mol. The molecule has 0 fully saturated rings. The van der Waals surface area contributed by atoms with E-state index in [0.717, 1.165) is 16.9 Å². The standard InChI is InChI=1S/C14H15ClN2O/c1-9-7-12(15)3-4-13(9)18-14-8-11(10(2)16)5-6-17-14/h3-8,10H,16H2,1-2H3/t10-/m1/s1. The average molecular weight is 263 g/mol. The minimum Gasteiger partial charge on any atom is -0.439 e. The van der Waals surface area contributed by atoms with E-state index < -0.39 is 0 Å². The van der Waals surface area contributed by atoms with Crippen LogP contribution in [0.25, 0.3) is 0 Å². The molecule has 1 aromatic carbocycles. The van der Waals surface area contributed by atoms with Gasteiger partial charge in [-0.25, -0.2) is 4.98 Å². The Morgan fingerprint density at radius 2 is 2.06 bits per heavy atom. The van der Waals surface area contributed by atoms with Crippen LogP contribution >= 0.6 is 11.6 Å². The van der Waals surface area contributed by atoms with Crippen molar-refractivity contribution < 1.29 is 4.74 Å². The van der Waals surface area contributed by atoms with E-state index in [9.17, 15) is 0 Å². The summed E-state index contributed by atoms with van der Waals surface area (Å²) in [6.45, 7) is 3.86. The summed E-state index contributed by atoms with van der Waals surface area (Å²) in [6.07, 6.45) is 1.69. The molecule has 0 amide bonds. The maximum atomic E-state index is 5.90. The SMILES string of the molecule is Cc1cc(Cl)ccc1Oc1cc([C@@H](C)N)ccn1. The average Bonchev–Trinajstić information content (AvgIpc) is 2.33. The summed E-state index contributed by atoms with van der Waals surface area (Å²) >= 11 is 5.90. The Morgan fingerprint density at radius 1 is 1.28 bits per heavy atom. The van der Waals surface area contributed by atoms with Gasteiger partial charge >= 0.3 is 0 Å². The van der Waals surface area contributed by atoms with E-state index in [1.54, 1.807) is 12.3 Å². The molecule has 0 radical (unpaired) electrons. The van der Waals surface area contributed by atoms with E-state index in [4.69, 9.17) is 22.1 Å². The molecule has 0 saturated heterocycles. The molecule has 2 N–H and O–H groups in total. The molecular formula is C14H15ClN2O. The number of nitrogens with two attached hydrogens (primary N) is 1. The zero-order chi connectivity index (χ0) is 13.1. The Hall–Kier alpha value is -1.58. The summed E-state index contributed by atoms with van der Waals surface area (Å²) in [5, 5.41) is 0.692. The van der Waals surface area contributed by atoms with Crippen LogP contribution in [0.1, 0.15) is 24.1 Å². The Labute approximate surface area is 112 Å². The van der Waals surface area contributed by atoms with Crippen LogP contribution in [0, 0.1) is 6.92 Å². The molecule has 0 aliphatic heterocycles. The third-order valence-corrected chi connectivity index (χ3v) is 2.87. The van der Waals surface area contributed by atoms with Crippen molar-refractivity contribution in [1.29, 1.82) is 0 Å². The second-order valence-corrected chi connectivity index (χ2v) is 4.66. The fraction of sp³-hybridized carbons (Fsp3) is 0.214. The molecule has 2 aromatic rings. The van der Waals surface area contributed by atoms with Gasteiger partial charge < -0.3 is 10.5 Å². The molecule has 0 aliphatic rings. The van der Waals surface area contributed by atoms with Crippen molar-refractivity contribution in [2.45, 2.75) is 19.9 Å². The number of nitrogens with zero attached hydrogens (tertiary/aromatic N) is 1. The monoisotopic (exact) mass is 262 g/mol. The number of hydrogen-bond acceptors (Lipinski definition) is 3. The fourth-order valence-corrected chi connectivity index (χ4v) is 1.83. The maximum absolute atomic E-state index is 5.90. The van der Waals surface area contributed by atoms with Gasteiger partial charge in [0.05, 0.1) is 0 Å². The smallest absolute Gasteiger partial charge is 0.219 e. The summed E-state index contributed by atoms with van der Waals surface area (Å²) < 4.78 is 5.73. The summed E-state index contributed by atoms with van der Waals surface area (Å²) in [5.41, 5.74) is 7.79. The first-order valence-electron chi connectivity index (χ1n) is 5.72. The number of rotatable bonds is 3. The lowest BCUT2D eigenvalue weighted by molar-refractivity contribution is 0.458. The van der Waals surface area contributed by atoms with Gasteiger partial charge in [0.2, 0.25) is 5.88 Å². The molecule has 0 bridgehead atoms. The number of halogens is 1. The fourth-order valence-electron chi connectivity index (χ4n) is 1.60. The van der Waals surface area contributed by atoms with Crippen LogP contribution in [0.3, 0.4) is 0 Å². The van der Waals surface area contributed by atoms with E-state index in [1.807, 2.05) is 38.1 Å². The van der Waals surface area contributed by atoms with Crippen LogP contribution in [0.5, 0.6) is 11.6 Å². The van der Waals surface area contributed by atoms with Gasteiger partial charge in [0, 0.05) is 23.3 Å². The molecule has 1 atom stereocenters. The van der Waals surface area contributed by atoms with Gasteiger partial charge in [-0.3, -0.25) is 0 Å². The van der Waals surface area contributed by atoms with Crippen LogP contribution in [-0.2, 0) is 0 Å². The lowest BCUT2D eigenvalue weighted by atomic mass is 10.1. The van der Waals surface area contributed by atoms with Crippen molar-refractivity contribution in [2.75, 3.05) is 0 Å². The zero-order valence-electron chi connectivity index (χ0n) is 10.4. The lowest BCUT2D eigenvalue weighted by Crippen LogP contribution is -2.05. The maximum Gasteiger partial charge on any atom is 0.219 e. The van der Waals surface area contributed by atoms with E-state index >= 15 is 0 Å². The minimum absolute atomic E-state index is 0.0401. The normalized spacial score (nSPS) is 12.2. The second-order valence-electron chi connectivity index (χ2n) is 4.23. The summed E-state index contributed by atoms with van der Waals surface area (Å²) in [6, 6.07) is 9.16. The largest absolute Gasteiger partial charge is 0.439 e. The summed E-state index contributed by atoms with van der Waals surface area (Å²) in [4.78, 5) is 4.17. The van der Waals surface area contributed by atoms with E-state index in [1.165, 1.54) is 0 Å². The number of pyridine rings is 1. The van der Waals surface area contributed by atoms with Crippen LogP contribution in [0.2, 0.25) is 5.02 Å². The number of hydrogen-bond donors (Lipinski definition) is 1. The van der Waals surface area contributed by atoms with Crippen LogP contribution in [0.15, 0.2) is 36.5 Å². The Kier molecular flexibility index (Phi) is 3.84. The molecule has 0 aliphatic carbocycles. The van der Waals surface area contributed by atoms with E-state index in [-0.39, 0.29) is 6.04 Å². The zero-order valence-corrected chi connectivity index (χ0v) is 11.1. The highest BCUT2D eigenvalue weighted by Gasteiger charge is 2.05. The van der Waals surface area contributed by atoms with Gasteiger partial charge in [-0.05, 0) is 49.2 Å². The molecule has 1 heterocycles. The number of ether oxygens (including phenoxy) is 1. The highest BCUT2D eigenvalue weighted by Crippen LogP contribution is 2.27. The highest BCUT2D eigenvalue weighted by molar-refractivity contribution is 6.30. The second kappa shape index (κ2) is 5.38. The third-order valence-electron chi connectivity index (χ3n) is 2.64. The molecule has 18 heavy (non-hydrogen) atoms. The van der Waals surface area contributed by atoms with Crippen LogP contribution in [0.4, 0.5) is 0 Å². The van der Waals surface area contributed by atoms with Gasteiger partial charge in [0.15, 0.2) is 0 Å². The summed E-state index contributed by atoms with van der Waals surface area (Å²) in [7, 11) is 0. The molecule has 3 nitrogen and oxygen atoms in total. The van der Waals surface area contributed by atoms with Crippen molar-refractivity contribution in [2.24, 2.45) is 5.73 Å². The van der Waals surface area contributed by atoms with Gasteiger partial charge in [-0.15, -0.1) is 0 Å². The molecular weight excluding hydrogens is 248 g/mol. The Bertz CT molecular complexity index is 555. The van der Waals surface area contributed by atoms with E-state index in [2.05, 4.69) is 4.98 Å². The first-order chi connectivity index (χ1) is 8.56. The minimum atomic E-state index is -0.0401. The van der Waals surface area contributed by atoms with Crippen molar-refractivity contribution in [3.05, 3.63) is 52.7 Å². The topological polar surface area (TPSA) is 48.1 Å². The third kappa shape index (κ3) is 3.00. The molecule has 1 aromatic heterocycles. The molecule has 2 rings (SSSR count). The molecule has 94 valence electrons. The Balaban J connectivity index is 2.25. The number of aryl methyl sites for hydroxylation is 1. The Morgan fingerprint density at radius 3 is 2.72 bits per heavy atom. The van der Waals surface area contributed by atoms with Crippen molar-refractivity contribution >= 4 is 11.6 Å². The highest BCUT2D eigenvalue weighted by atomic mass is 35.5. The quantitative estimate of drug-likeness (QED) is 0.914. The molecule has 0 unspecified atom stereocenters. The van der Waals surface area contributed by atoms with Gasteiger partial charge in [0.1, 0.15) is 5.75 Å². The van der Waals surface area contributed by atoms with Crippen molar-refractivity contribution in [1.82, 2.24) is 4.98 Å². The first kappa shape index (κ1) is 12.9.